The van der Waals surface area contributed by atoms with E-state index in [0.717, 1.165) is 49.6 Å². The van der Waals surface area contributed by atoms with E-state index in [4.69, 9.17) is 14.2 Å². The predicted molar refractivity (Wildman–Crippen MR) is 161 cm³/mol. The number of esters is 1. The van der Waals surface area contributed by atoms with Gasteiger partial charge in [0.15, 0.2) is 0 Å². The molecular weight excluding hydrogens is 498 g/mol. The van der Waals surface area contributed by atoms with Crippen molar-refractivity contribution >= 4 is 5.97 Å². The Morgan fingerprint density at radius 3 is 2.38 bits per heavy atom. The van der Waals surface area contributed by atoms with E-state index in [0.29, 0.717) is 25.4 Å². The monoisotopic (exact) mass is 543 g/mol. The molecule has 1 aliphatic rings. The van der Waals surface area contributed by atoms with Crippen molar-refractivity contribution in [2.24, 2.45) is 5.92 Å². The van der Waals surface area contributed by atoms with Crippen LogP contribution in [-0.4, -0.2) is 25.7 Å². The number of unbranched alkanes of at least 4 members (excludes halogenated alkanes) is 1. The lowest BCUT2D eigenvalue weighted by atomic mass is 9.90. The van der Waals surface area contributed by atoms with Crippen LogP contribution in [0, 0.1) is 5.92 Å². The zero-order valence-electron chi connectivity index (χ0n) is 23.8. The molecule has 0 heterocycles. The molecule has 3 aromatic carbocycles. The van der Waals surface area contributed by atoms with Gasteiger partial charge in [-0.05, 0) is 91.9 Å². The number of carbonyl (C=O) groups is 1. The zero-order valence-corrected chi connectivity index (χ0v) is 23.8. The third-order valence-electron chi connectivity index (χ3n) is 7.47. The summed E-state index contributed by atoms with van der Waals surface area (Å²) < 4.78 is 17.3. The minimum Gasteiger partial charge on any atom is -0.494 e. The molecule has 0 radical (unpaired) electrons. The number of benzene rings is 3. The molecule has 5 heteroatoms. The van der Waals surface area contributed by atoms with Gasteiger partial charge in [-0.25, -0.2) is 0 Å². The molecule has 0 unspecified atom stereocenters. The minimum absolute atomic E-state index is 0.202. The number of ether oxygens (including phenoxy) is 3. The number of nitrogens with one attached hydrogen (secondary N) is 1. The van der Waals surface area contributed by atoms with Crippen LogP contribution in [0.2, 0.25) is 0 Å². The molecule has 0 amide bonds. The average molecular weight is 544 g/mol. The normalized spacial score (nSPS) is 13.6. The van der Waals surface area contributed by atoms with Gasteiger partial charge in [-0.2, -0.15) is 0 Å². The van der Waals surface area contributed by atoms with E-state index in [1.807, 2.05) is 36.4 Å². The molecule has 1 aliphatic carbocycles. The Morgan fingerprint density at radius 2 is 1.55 bits per heavy atom. The van der Waals surface area contributed by atoms with Crippen LogP contribution in [0.4, 0.5) is 0 Å². The molecule has 0 bridgehead atoms. The Labute approximate surface area is 240 Å². The molecule has 1 saturated carbocycles. The van der Waals surface area contributed by atoms with Crippen LogP contribution in [0.15, 0.2) is 78.9 Å². The van der Waals surface area contributed by atoms with Crippen molar-refractivity contribution in [2.75, 3.05) is 19.8 Å². The highest BCUT2D eigenvalue weighted by atomic mass is 16.5. The highest BCUT2D eigenvalue weighted by molar-refractivity contribution is 5.69. The van der Waals surface area contributed by atoms with E-state index in [2.05, 4.69) is 47.8 Å². The smallest absolute Gasteiger partial charge is 0.306 e. The van der Waals surface area contributed by atoms with E-state index in [-0.39, 0.29) is 12.6 Å². The van der Waals surface area contributed by atoms with Crippen molar-refractivity contribution in [2.45, 2.75) is 77.4 Å². The second-order valence-electron chi connectivity index (χ2n) is 10.8. The molecule has 1 fully saturated rings. The maximum absolute atomic E-state index is 12.2. The third-order valence-corrected chi connectivity index (χ3v) is 7.47. The van der Waals surface area contributed by atoms with Gasteiger partial charge in [0.1, 0.15) is 18.1 Å². The summed E-state index contributed by atoms with van der Waals surface area (Å²) in [5.41, 5.74) is 3.57. The first-order valence-electron chi connectivity index (χ1n) is 15.1. The van der Waals surface area contributed by atoms with Gasteiger partial charge in [-0.15, -0.1) is 0 Å². The topological polar surface area (TPSA) is 56.8 Å². The molecule has 1 N–H and O–H groups in total. The molecule has 0 aromatic heterocycles. The summed E-state index contributed by atoms with van der Waals surface area (Å²) in [6.07, 6.45) is 11.0. The molecule has 0 saturated heterocycles. The highest BCUT2D eigenvalue weighted by Gasteiger charge is 2.14. The van der Waals surface area contributed by atoms with E-state index in [9.17, 15) is 4.79 Å². The summed E-state index contributed by atoms with van der Waals surface area (Å²) in [7, 11) is 0. The van der Waals surface area contributed by atoms with Gasteiger partial charge in [-0.3, -0.25) is 4.79 Å². The summed E-state index contributed by atoms with van der Waals surface area (Å²) in [6, 6.07) is 26.7. The number of carbonyl (C=O) groups excluding carboxylic acids is 1. The van der Waals surface area contributed by atoms with Crippen molar-refractivity contribution < 1.29 is 19.0 Å². The van der Waals surface area contributed by atoms with Crippen molar-refractivity contribution in [3.05, 3.63) is 95.6 Å². The number of rotatable bonds is 17. The van der Waals surface area contributed by atoms with E-state index in [1.165, 1.54) is 49.7 Å². The molecule has 0 aliphatic heterocycles. The largest absolute Gasteiger partial charge is 0.494 e. The van der Waals surface area contributed by atoms with Crippen molar-refractivity contribution in [3.63, 3.8) is 0 Å². The van der Waals surface area contributed by atoms with Crippen molar-refractivity contribution in [1.82, 2.24) is 5.32 Å². The van der Waals surface area contributed by atoms with Crippen molar-refractivity contribution in [1.29, 1.82) is 0 Å². The molecular formula is C35H45NO4. The van der Waals surface area contributed by atoms with Crippen LogP contribution in [0.3, 0.4) is 0 Å². The summed E-state index contributed by atoms with van der Waals surface area (Å²) in [5, 5.41) is 3.52. The van der Waals surface area contributed by atoms with Crippen LogP contribution >= 0.6 is 0 Å². The lowest BCUT2D eigenvalue weighted by Crippen LogP contribution is -2.15. The second kappa shape index (κ2) is 17.4. The summed E-state index contributed by atoms with van der Waals surface area (Å²) in [6.45, 7) is 3.39. The fourth-order valence-electron chi connectivity index (χ4n) is 5.09. The SMILES string of the molecule is O=C(CCCOc1cccc(CNCCCCc2ccccc2)c1)OCc1ccc(OCC2CCCCC2)cc1. The van der Waals surface area contributed by atoms with Crippen LogP contribution in [0.5, 0.6) is 11.5 Å². The molecule has 0 spiro atoms. The molecule has 40 heavy (non-hydrogen) atoms. The first-order chi connectivity index (χ1) is 19.7. The fraction of sp³-hybridized carbons (Fsp3) is 0.457. The number of hydrogen-bond donors (Lipinski definition) is 1. The predicted octanol–water partition coefficient (Wildman–Crippen LogP) is 7.66. The van der Waals surface area contributed by atoms with Gasteiger partial charge in [-0.1, -0.05) is 73.9 Å². The first kappa shape index (κ1) is 29.7. The Kier molecular flexibility index (Phi) is 12.9. The summed E-state index contributed by atoms with van der Waals surface area (Å²) in [5.74, 6) is 2.20. The molecule has 214 valence electrons. The maximum Gasteiger partial charge on any atom is 0.306 e. The fourth-order valence-corrected chi connectivity index (χ4v) is 5.09. The molecule has 5 nitrogen and oxygen atoms in total. The van der Waals surface area contributed by atoms with Gasteiger partial charge >= 0.3 is 5.97 Å². The van der Waals surface area contributed by atoms with Gasteiger partial charge < -0.3 is 19.5 Å². The number of aryl methyl sites for hydroxylation is 1. The lowest BCUT2D eigenvalue weighted by molar-refractivity contribution is -0.145. The van der Waals surface area contributed by atoms with Gasteiger partial charge in [0.25, 0.3) is 0 Å². The van der Waals surface area contributed by atoms with Crippen LogP contribution in [-0.2, 0) is 29.1 Å². The maximum atomic E-state index is 12.2. The Hall–Kier alpha value is -3.31. The highest BCUT2D eigenvalue weighted by Crippen LogP contribution is 2.25. The zero-order chi connectivity index (χ0) is 27.7. The van der Waals surface area contributed by atoms with Crippen LogP contribution in [0.1, 0.15) is 74.5 Å². The Bertz CT molecular complexity index is 1110. The Balaban J connectivity index is 1.03. The van der Waals surface area contributed by atoms with Gasteiger partial charge in [0, 0.05) is 13.0 Å². The molecule has 0 atom stereocenters. The quantitative estimate of drug-likeness (QED) is 0.140. The van der Waals surface area contributed by atoms with Crippen molar-refractivity contribution in [3.8, 4) is 11.5 Å². The van der Waals surface area contributed by atoms with E-state index < -0.39 is 0 Å². The van der Waals surface area contributed by atoms with Crippen LogP contribution in [0.25, 0.3) is 0 Å². The Morgan fingerprint density at radius 1 is 0.750 bits per heavy atom. The standard InChI is InChI=1S/C35H45NO4/c37-35(40-28-31-19-21-33(22-20-31)39-27-30-14-5-2-6-15-30)18-10-24-38-34-17-9-16-32(25-34)26-36-23-8-7-13-29-11-3-1-4-12-29/h1,3-4,9,11-12,16-17,19-22,25,30,36H,2,5-8,10,13-15,18,23-24,26-28H2. The first-order valence-corrected chi connectivity index (χ1v) is 15.1. The molecule has 4 rings (SSSR count). The van der Waals surface area contributed by atoms with E-state index >= 15 is 0 Å². The number of hydrogen-bond acceptors (Lipinski definition) is 5. The van der Waals surface area contributed by atoms with Gasteiger partial charge in [0.05, 0.1) is 13.2 Å². The lowest BCUT2D eigenvalue weighted by Gasteiger charge is -2.21. The molecule has 3 aromatic rings. The third kappa shape index (κ3) is 11.4. The second-order valence-corrected chi connectivity index (χ2v) is 10.8. The summed E-state index contributed by atoms with van der Waals surface area (Å²) >= 11 is 0. The van der Waals surface area contributed by atoms with Gasteiger partial charge in [0.2, 0.25) is 0 Å². The average Bonchev–Trinajstić information content (AvgIpc) is 3.01. The summed E-state index contributed by atoms with van der Waals surface area (Å²) in [4.78, 5) is 12.2. The minimum atomic E-state index is -0.202. The van der Waals surface area contributed by atoms with Crippen LogP contribution < -0.4 is 14.8 Å². The van der Waals surface area contributed by atoms with E-state index in [1.54, 1.807) is 0 Å².